The van der Waals surface area contributed by atoms with Gasteiger partial charge in [-0.05, 0) is 25.3 Å². The van der Waals surface area contributed by atoms with Crippen molar-refractivity contribution in [1.29, 1.82) is 0 Å². The average molecular weight is 155 g/mol. The summed E-state index contributed by atoms with van der Waals surface area (Å²) in [6.07, 6.45) is 4.11. The average Bonchev–Trinajstić information content (AvgIpc) is 2.50. The number of Topliss-reactive ketones (excluding diaryl/α,β-unsaturated/α-hetero) is 1. The molecule has 1 rings (SSSR count). The number of ketones is 1. The summed E-state index contributed by atoms with van der Waals surface area (Å²) in [5.74, 6) is 1.20. The fraction of sp³-hybridized carbons (Fsp3) is 0.889. The lowest BCUT2D eigenvalue weighted by atomic mass is 9.91. The van der Waals surface area contributed by atoms with Gasteiger partial charge in [-0.3, -0.25) is 4.79 Å². The van der Waals surface area contributed by atoms with Gasteiger partial charge in [0.2, 0.25) is 0 Å². The second-order valence-corrected chi connectivity index (χ2v) is 3.35. The first-order valence-electron chi connectivity index (χ1n) is 4.52. The van der Waals surface area contributed by atoms with Crippen LogP contribution in [0.4, 0.5) is 0 Å². The Morgan fingerprint density at radius 2 is 2.27 bits per heavy atom. The van der Waals surface area contributed by atoms with E-state index in [1.54, 1.807) is 0 Å². The van der Waals surface area contributed by atoms with Crippen molar-refractivity contribution in [2.45, 2.75) is 32.6 Å². The van der Waals surface area contributed by atoms with Gasteiger partial charge in [0.25, 0.3) is 0 Å². The predicted molar refractivity (Wildman–Crippen MR) is 45.2 cm³/mol. The molecule has 0 aromatic rings. The summed E-state index contributed by atoms with van der Waals surface area (Å²) in [7, 11) is 0. The Kier molecular flexibility index (Phi) is 3.06. The first kappa shape index (κ1) is 8.72. The topological polar surface area (TPSA) is 43.1 Å². The Morgan fingerprint density at radius 1 is 1.55 bits per heavy atom. The maximum absolute atomic E-state index is 11.3. The third kappa shape index (κ3) is 1.80. The first-order chi connectivity index (χ1) is 5.29. The van der Waals surface area contributed by atoms with Crippen LogP contribution in [0.15, 0.2) is 0 Å². The number of hydrogen-bond donors (Lipinski definition) is 1. The van der Waals surface area contributed by atoms with Crippen molar-refractivity contribution in [3.8, 4) is 0 Å². The Bertz CT molecular complexity index is 144. The highest BCUT2D eigenvalue weighted by atomic mass is 16.1. The molecular formula is C9H17NO. The van der Waals surface area contributed by atoms with Crippen LogP contribution in [0.5, 0.6) is 0 Å². The van der Waals surface area contributed by atoms with Crippen LogP contribution >= 0.6 is 0 Å². The van der Waals surface area contributed by atoms with Gasteiger partial charge in [-0.1, -0.05) is 13.3 Å². The third-order valence-corrected chi connectivity index (χ3v) is 2.72. The van der Waals surface area contributed by atoms with Gasteiger partial charge in [-0.25, -0.2) is 0 Å². The van der Waals surface area contributed by atoms with E-state index in [1.807, 2.05) is 6.92 Å². The van der Waals surface area contributed by atoms with Gasteiger partial charge in [-0.2, -0.15) is 0 Å². The SMILES string of the molecule is CCC(=O)[C@@H]1CCC[C@@H]1CN. The van der Waals surface area contributed by atoms with Gasteiger partial charge in [0, 0.05) is 12.3 Å². The number of carbonyl (C=O) groups is 1. The molecule has 11 heavy (non-hydrogen) atoms. The molecule has 0 bridgehead atoms. The Balaban J connectivity index is 2.49. The van der Waals surface area contributed by atoms with Crippen LogP contribution in [0.1, 0.15) is 32.6 Å². The molecule has 2 heteroatoms. The van der Waals surface area contributed by atoms with Crippen molar-refractivity contribution < 1.29 is 4.79 Å². The van der Waals surface area contributed by atoms with E-state index in [0.717, 1.165) is 12.8 Å². The normalized spacial score (nSPS) is 30.7. The predicted octanol–water partition coefficient (Wildman–Crippen LogP) is 1.34. The molecule has 2 nitrogen and oxygen atoms in total. The van der Waals surface area contributed by atoms with Crippen molar-refractivity contribution in [1.82, 2.24) is 0 Å². The van der Waals surface area contributed by atoms with Gasteiger partial charge in [0.05, 0.1) is 0 Å². The van der Waals surface area contributed by atoms with Crippen molar-refractivity contribution in [3.63, 3.8) is 0 Å². The van der Waals surface area contributed by atoms with Crippen LogP contribution in [0, 0.1) is 11.8 Å². The molecule has 0 aromatic heterocycles. The minimum absolute atomic E-state index is 0.296. The molecule has 0 amide bonds. The second-order valence-electron chi connectivity index (χ2n) is 3.35. The first-order valence-corrected chi connectivity index (χ1v) is 4.52. The molecule has 1 aliphatic carbocycles. The molecule has 2 atom stereocenters. The molecule has 0 aliphatic heterocycles. The van der Waals surface area contributed by atoms with Gasteiger partial charge in [0.1, 0.15) is 5.78 Å². The van der Waals surface area contributed by atoms with E-state index >= 15 is 0 Å². The van der Waals surface area contributed by atoms with E-state index in [1.165, 1.54) is 6.42 Å². The van der Waals surface area contributed by atoms with Crippen LogP contribution in [0.3, 0.4) is 0 Å². The van der Waals surface area contributed by atoms with Crippen molar-refractivity contribution >= 4 is 5.78 Å². The molecule has 64 valence electrons. The summed E-state index contributed by atoms with van der Waals surface area (Å²) >= 11 is 0. The van der Waals surface area contributed by atoms with Crippen molar-refractivity contribution in [2.24, 2.45) is 17.6 Å². The van der Waals surface area contributed by atoms with Gasteiger partial charge < -0.3 is 5.73 Å². The molecule has 1 aliphatic rings. The van der Waals surface area contributed by atoms with E-state index in [0.29, 0.717) is 30.6 Å². The number of hydrogen-bond acceptors (Lipinski definition) is 2. The minimum Gasteiger partial charge on any atom is -0.330 e. The summed E-state index contributed by atoms with van der Waals surface area (Å²) in [5.41, 5.74) is 5.56. The molecule has 2 N–H and O–H groups in total. The highest BCUT2D eigenvalue weighted by Crippen LogP contribution is 2.32. The van der Waals surface area contributed by atoms with Gasteiger partial charge >= 0.3 is 0 Å². The van der Waals surface area contributed by atoms with Crippen LogP contribution in [-0.2, 0) is 4.79 Å². The molecule has 0 saturated heterocycles. The van der Waals surface area contributed by atoms with Gasteiger partial charge in [-0.15, -0.1) is 0 Å². The third-order valence-electron chi connectivity index (χ3n) is 2.72. The van der Waals surface area contributed by atoms with Crippen LogP contribution < -0.4 is 5.73 Å². The number of rotatable bonds is 3. The van der Waals surface area contributed by atoms with Crippen LogP contribution in [-0.4, -0.2) is 12.3 Å². The quantitative estimate of drug-likeness (QED) is 0.668. The largest absolute Gasteiger partial charge is 0.330 e. The summed E-state index contributed by atoms with van der Waals surface area (Å²) in [6.45, 7) is 2.63. The Morgan fingerprint density at radius 3 is 2.82 bits per heavy atom. The maximum atomic E-state index is 11.3. The van der Waals surface area contributed by atoms with Crippen LogP contribution in [0.25, 0.3) is 0 Å². The van der Waals surface area contributed by atoms with Crippen LogP contribution in [0.2, 0.25) is 0 Å². The molecule has 1 fully saturated rings. The molecule has 0 radical (unpaired) electrons. The number of nitrogens with two attached hydrogens (primary N) is 1. The summed E-state index contributed by atoms with van der Waals surface area (Å²) in [5, 5.41) is 0. The molecule has 1 saturated carbocycles. The monoisotopic (exact) mass is 155 g/mol. The van der Waals surface area contributed by atoms with E-state index in [-0.39, 0.29) is 0 Å². The van der Waals surface area contributed by atoms with Crippen molar-refractivity contribution in [2.75, 3.05) is 6.54 Å². The fourth-order valence-corrected chi connectivity index (χ4v) is 2.01. The van der Waals surface area contributed by atoms with Gasteiger partial charge in [0.15, 0.2) is 0 Å². The van der Waals surface area contributed by atoms with E-state index < -0.39 is 0 Å². The summed E-state index contributed by atoms with van der Waals surface area (Å²) in [6, 6.07) is 0. The fourth-order valence-electron chi connectivity index (χ4n) is 2.01. The lowest BCUT2D eigenvalue weighted by molar-refractivity contribution is -0.123. The molecular weight excluding hydrogens is 138 g/mol. The van der Waals surface area contributed by atoms with E-state index in [2.05, 4.69) is 0 Å². The highest BCUT2D eigenvalue weighted by molar-refractivity contribution is 5.81. The van der Waals surface area contributed by atoms with E-state index in [9.17, 15) is 4.79 Å². The minimum atomic E-state index is 0.296. The summed E-state index contributed by atoms with van der Waals surface area (Å²) < 4.78 is 0. The molecule has 0 aromatic carbocycles. The zero-order valence-corrected chi connectivity index (χ0v) is 7.18. The van der Waals surface area contributed by atoms with Crippen molar-refractivity contribution in [3.05, 3.63) is 0 Å². The zero-order valence-electron chi connectivity index (χ0n) is 7.18. The Labute approximate surface area is 68.2 Å². The Hall–Kier alpha value is -0.370. The van der Waals surface area contributed by atoms with E-state index in [4.69, 9.17) is 5.73 Å². The lowest BCUT2D eigenvalue weighted by Crippen LogP contribution is -2.24. The smallest absolute Gasteiger partial charge is 0.136 e. The highest BCUT2D eigenvalue weighted by Gasteiger charge is 2.30. The maximum Gasteiger partial charge on any atom is 0.136 e. The summed E-state index contributed by atoms with van der Waals surface area (Å²) in [4.78, 5) is 11.3. The molecule has 0 unspecified atom stereocenters. The lowest BCUT2D eigenvalue weighted by Gasteiger charge is -2.14. The zero-order chi connectivity index (χ0) is 8.27. The number of carbonyl (C=O) groups excluding carboxylic acids is 1. The molecule has 0 spiro atoms. The molecule has 0 heterocycles. The standard InChI is InChI=1S/C9H17NO/c1-2-9(11)8-5-3-4-7(8)6-10/h7-8H,2-6,10H2,1H3/t7-,8-/m1/s1. The second kappa shape index (κ2) is 3.86.